The van der Waals surface area contributed by atoms with Gasteiger partial charge in [0.05, 0.1) is 44.0 Å². The third-order valence-electron chi connectivity index (χ3n) is 6.76. The number of nitrogens with one attached hydrogen (secondary N) is 1. The molecule has 1 N–H and O–H groups in total. The maximum atomic E-state index is 5.60. The smallest absolute Gasteiger partial charge is 0.239 e. The van der Waals surface area contributed by atoms with Crippen molar-refractivity contribution in [2.24, 2.45) is 12.5 Å². The number of aryl methyl sites for hydroxylation is 2. The van der Waals surface area contributed by atoms with Crippen molar-refractivity contribution in [1.82, 2.24) is 34.4 Å². The van der Waals surface area contributed by atoms with Gasteiger partial charge >= 0.3 is 0 Å². The van der Waals surface area contributed by atoms with Gasteiger partial charge in [-0.05, 0) is 19.1 Å². The van der Waals surface area contributed by atoms with Crippen molar-refractivity contribution < 1.29 is 9.47 Å². The van der Waals surface area contributed by atoms with Crippen LogP contribution in [0.2, 0.25) is 0 Å². The minimum Gasteiger partial charge on any atom is -0.380 e. The van der Waals surface area contributed by atoms with Crippen LogP contribution in [0.1, 0.15) is 18.6 Å². The second kappa shape index (κ2) is 8.30. The molecule has 0 unspecified atom stereocenters. The number of para-hydroxylation sites is 2. The van der Waals surface area contributed by atoms with E-state index < -0.39 is 0 Å². The van der Waals surface area contributed by atoms with Gasteiger partial charge in [-0.2, -0.15) is 9.97 Å². The maximum Gasteiger partial charge on any atom is 0.239 e. The second-order valence-corrected chi connectivity index (χ2v) is 9.60. The van der Waals surface area contributed by atoms with Gasteiger partial charge < -0.3 is 24.3 Å². The molecular formula is C24H30N8O2. The zero-order valence-corrected chi connectivity index (χ0v) is 19.9. The number of hydrogen-bond acceptors (Lipinski definition) is 8. The Morgan fingerprint density at radius 2 is 1.82 bits per heavy atom. The molecule has 0 bridgehead atoms. The molecule has 2 aliphatic heterocycles. The first-order valence-electron chi connectivity index (χ1n) is 11.8. The lowest BCUT2D eigenvalue weighted by molar-refractivity contribution is -0.0992. The van der Waals surface area contributed by atoms with Gasteiger partial charge in [0.1, 0.15) is 11.6 Å². The van der Waals surface area contributed by atoms with E-state index in [2.05, 4.69) is 27.8 Å². The van der Waals surface area contributed by atoms with Crippen LogP contribution in [-0.4, -0.2) is 75.1 Å². The van der Waals surface area contributed by atoms with Crippen molar-refractivity contribution in [1.29, 1.82) is 0 Å². The van der Waals surface area contributed by atoms with E-state index >= 15 is 0 Å². The fourth-order valence-corrected chi connectivity index (χ4v) is 4.76. The summed E-state index contributed by atoms with van der Waals surface area (Å²) in [6.45, 7) is 10.3. The van der Waals surface area contributed by atoms with Gasteiger partial charge in [0, 0.05) is 32.1 Å². The predicted octanol–water partition coefficient (Wildman–Crippen LogP) is 1.97. The van der Waals surface area contributed by atoms with Gasteiger partial charge in [0.15, 0.2) is 17.0 Å². The Morgan fingerprint density at radius 1 is 1.03 bits per heavy atom. The molecule has 4 aromatic rings. The Labute approximate surface area is 197 Å². The first-order chi connectivity index (χ1) is 16.5. The Balaban J connectivity index is 1.44. The van der Waals surface area contributed by atoms with Crippen molar-refractivity contribution in [2.45, 2.75) is 20.4 Å². The summed E-state index contributed by atoms with van der Waals surface area (Å²) in [6, 6.07) is 8.09. The van der Waals surface area contributed by atoms with E-state index in [4.69, 9.17) is 29.4 Å². The zero-order chi connectivity index (χ0) is 23.3. The topological polar surface area (TPSA) is 95.2 Å². The van der Waals surface area contributed by atoms with Crippen molar-refractivity contribution >= 4 is 28.0 Å². The highest BCUT2D eigenvalue weighted by molar-refractivity contribution is 5.86. The average molecular weight is 463 g/mol. The molecule has 2 fully saturated rings. The van der Waals surface area contributed by atoms with Crippen LogP contribution in [0.3, 0.4) is 0 Å². The third kappa shape index (κ3) is 3.62. The highest BCUT2D eigenvalue weighted by Crippen LogP contribution is 2.29. The van der Waals surface area contributed by atoms with Gasteiger partial charge in [-0.3, -0.25) is 4.57 Å². The van der Waals surface area contributed by atoms with Gasteiger partial charge in [-0.25, -0.2) is 9.97 Å². The van der Waals surface area contributed by atoms with Crippen LogP contribution in [-0.2, 0) is 23.1 Å². The summed E-state index contributed by atoms with van der Waals surface area (Å²) in [5, 5.41) is 3.56. The molecule has 6 rings (SSSR count). The molecule has 3 aromatic heterocycles. The van der Waals surface area contributed by atoms with Gasteiger partial charge in [0.2, 0.25) is 5.95 Å². The van der Waals surface area contributed by atoms with Gasteiger partial charge in [-0.1, -0.05) is 19.1 Å². The van der Waals surface area contributed by atoms with Gasteiger partial charge in [-0.15, -0.1) is 0 Å². The number of morpholine rings is 1. The molecule has 10 heteroatoms. The Morgan fingerprint density at radius 3 is 2.59 bits per heavy atom. The Bertz CT molecular complexity index is 1350. The number of imidazole rings is 2. The first kappa shape index (κ1) is 21.5. The number of anilines is 1. The van der Waals surface area contributed by atoms with Crippen LogP contribution in [0.4, 0.5) is 5.82 Å². The van der Waals surface area contributed by atoms with E-state index in [0.29, 0.717) is 25.7 Å². The quantitative estimate of drug-likeness (QED) is 0.465. The summed E-state index contributed by atoms with van der Waals surface area (Å²) in [6.07, 6.45) is 0. The lowest BCUT2D eigenvalue weighted by Crippen LogP contribution is -2.47. The van der Waals surface area contributed by atoms with Gasteiger partial charge in [0.25, 0.3) is 0 Å². The minimum absolute atomic E-state index is 0.205. The van der Waals surface area contributed by atoms with E-state index in [0.717, 1.165) is 72.5 Å². The van der Waals surface area contributed by atoms with E-state index in [1.807, 2.05) is 36.7 Å². The number of hydrogen-bond donors (Lipinski definition) is 1. The standard InChI is InChI=1S/C24H30N8O2/c1-16-26-17-6-4-5-7-18(17)32(16)23-28-21-20(22(29-23)31-8-10-33-11-9-31)27-19(30(21)3)12-25-13-24(2)14-34-15-24/h4-7,25H,8-15H2,1-3H3. The zero-order valence-electron chi connectivity index (χ0n) is 19.9. The first-order valence-corrected chi connectivity index (χ1v) is 11.8. The molecule has 10 nitrogen and oxygen atoms in total. The molecule has 1 aromatic carbocycles. The van der Waals surface area contributed by atoms with Crippen LogP contribution in [0, 0.1) is 12.3 Å². The lowest BCUT2D eigenvalue weighted by atomic mass is 9.89. The van der Waals surface area contributed by atoms with Crippen LogP contribution in [0.5, 0.6) is 0 Å². The van der Waals surface area contributed by atoms with E-state index in [1.165, 1.54) is 0 Å². The fraction of sp³-hybridized carbons (Fsp3) is 0.500. The average Bonchev–Trinajstić information content (AvgIpc) is 3.34. The molecule has 0 spiro atoms. The summed E-state index contributed by atoms with van der Waals surface area (Å²) in [5.74, 6) is 3.25. The lowest BCUT2D eigenvalue weighted by Gasteiger charge is -2.38. The van der Waals surface area contributed by atoms with Crippen molar-refractivity contribution in [3.63, 3.8) is 0 Å². The number of aromatic nitrogens is 6. The van der Waals surface area contributed by atoms with Crippen LogP contribution >= 0.6 is 0 Å². The number of benzene rings is 1. The molecule has 5 heterocycles. The summed E-state index contributed by atoms with van der Waals surface area (Å²) < 4.78 is 15.1. The van der Waals surface area contributed by atoms with Crippen molar-refractivity contribution in [3.8, 4) is 5.95 Å². The summed E-state index contributed by atoms with van der Waals surface area (Å²) >= 11 is 0. The SMILES string of the molecule is Cc1nc2ccccc2n1-c1nc(N2CCOCC2)c2nc(CNCC3(C)COC3)n(C)c2n1. The van der Waals surface area contributed by atoms with Crippen molar-refractivity contribution in [3.05, 3.63) is 35.9 Å². The molecule has 0 saturated carbocycles. The molecular weight excluding hydrogens is 432 g/mol. The number of fused-ring (bicyclic) bond motifs is 2. The molecule has 2 saturated heterocycles. The van der Waals surface area contributed by atoms with Crippen molar-refractivity contribution in [2.75, 3.05) is 51.0 Å². The number of nitrogens with zero attached hydrogens (tertiary/aromatic N) is 7. The number of rotatable bonds is 6. The molecule has 0 aliphatic carbocycles. The van der Waals surface area contributed by atoms with Crippen LogP contribution < -0.4 is 10.2 Å². The normalized spacial score (nSPS) is 18.0. The highest BCUT2D eigenvalue weighted by atomic mass is 16.5. The largest absolute Gasteiger partial charge is 0.380 e. The molecule has 178 valence electrons. The monoisotopic (exact) mass is 462 g/mol. The summed E-state index contributed by atoms with van der Waals surface area (Å²) in [7, 11) is 2.03. The fourth-order valence-electron chi connectivity index (χ4n) is 4.76. The predicted molar refractivity (Wildman–Crippen MR) is 129 cm³/mol. The summed E-state index contributed by atoms with van der Waals surface area (Å²) in [4.78, 5) is 22.0. The molecule has 34 heavy (non-hydrogen) atoms. The Hall–Kier alpha value is -3.08. The molecule has 0 amide bonds. The van der Waals surface area contributed by atoms with Crippen LogP contribution in [0.25, 0.3) is 28.1 Å². The van der Waals surface area contributed by atoms with E-state index in [1.54, 1.807) is 0 Å². The summed E-state index contributed by atoms with van der Waals surface area (Å²) in [5.41, 5.74) is 3.77. The maximum absolute atomic E-state index is 5.60. The molecule has 0 atom stereocenters. The second-order valence-electron chi connectivity index (χ2n) is 9.60. The third-order valence-corrected chi connectivity index (χ3v) is 6.76. The van der Waals surface area contributed by atoms with E-state index in [9.17, 15) is 0 Å². The Kier molecular flexibility index (Phi) is 5.23. The molecule has 0 radical (unpaired) electrons. The number of ether oxygens (including phenoxy) is 2. The minimum atomic E-state index is 0.205. The van der Waals surface area contributed by atoms with E-state index in [-0.39, 0.29) is 5.41 Å². The highest BCUT2D eigenvalue weighted by Gasteiger charge is 2.33. The molecule has 2 aliphatic rings. The van der Waals surface area contributed by atoms with Crippen LogP contribution in [0.15, 0.2) is 24.3 Å².